The summed E-state index contributed by atoms with van der Waals surface area (Å²) < 4.78 is 6.13. The fraction of sp³-hybridized carbons (Fsp3) is 0.348. The highest BCUT2D eigenvalue weighted by Gasteiger charge is 2.28. The maximum absolute atomic E-state index is 13.2. The molecule has 4 rings (SSSR count). The zero-order valence-electron chi connectivity index (χ0n) is 17.2. The molecule has 1 atom stereocenters. The van der Waals surface area contributed by atoms with Gasteiger partial charge in [0.15, 0.2) is 0 Å². The number of halogens is 1. The number of para-hydroxylation sites is 1. The molecule has 3 amide bonds. The van der Waals surface area contributed by atoms with E-state index in [2.05, 4.69) is 10.6 Å². The first-order valence-corrected chi connectivity index (χ1v) is 10.7. The van der Waals surface area contributed by atoms with Gasteiger partial charge in [-0.05, 0) is 29.8 Å². The maximum atomic E-state index is 13.2. The first-order valence-electron chi connectivity index (χ1n) is 10.3. The Morgan fingerprint density at radius 1 is 1.16 bits per heavy atom. The Labute approximate surface area is 185 Å². The number of fused-ring (bicyclic) bond motifs is 1. The van der Waals surface area contributed by atoms with Crippen molar-refractivity contribution in [1.29, 1.82) is 0 Å². The first-order chi connectivity index (χ1) is 14.9. The molecule has 0 aromatic heterocycles. The Morgan fingerprint density at radius 3 is 2.65 bits per heavy atom. The van der Waals surface area contributed by atoms with E-state index in [-0.39, 0.29) is 30.2 Å². The van der Waals surface area contributed by atoms with Crippen molar-refractivity contribution in [2.24, 2.45) is 0 Å². The highest BCUT2D eigenvalue weighted by molar-refractivity contribution is 6.31. The zero-order chi connectivity index (χ0) is 22.0. The van der Waals surface area contributed by atoms with Crippen LogP contribution in [0.3, 0.4) is 0 Å². The fourth-order valence-corrected chi connectivity index (χ4v) is 4.20. The van der Waals surface area contributed by atoms with Gasteiger partial charge >= 0.3 is 0 Å². The molecule has 31 heavy (non-hydrogen) atoms. The molecular formula is C23H24ClN3O4. The molecule has 2 aromatic rings. The van der Waals surface area contributed by atoms with Gasteiger partial charge < -0.3 is 20.3 Å². The molecule has 2 heterocycles. The van der Waals surface area contributed by atoms with Crippen LogP contribution in [0.2, 0.25) is 5.02 Å². The number of likely N-dealkylation sites (tertiary alicyclic amines) is 1. The van der Waals surface area contributed by atoms with Gasteiger partial charge in [0.05, 0.1) is 18.0 Å². The molecule has 2 N–H and O–H groups in total. The first kappa shape index (κ1) is 21.2. The van der Waals surface area contributed by atoms with Gasteiger partial charge in [-0.2, -0.15) is 0 Å². The number of anilines is 1. The predicted molar refractivity (Wildman–Crippen MR) is 117 cm³/mol. The molecule has 0 bridgehead atoms. The summed E-state index contributed by atoms with van der Waals surface area (Å²) >= 11 is 6.16. The number of amides is 3. The predicted octanol–water partition coefficient (Wildman–Crippen LogP) is 3.54. The number of piperidine rings is 1. The Bertz CT molecular complexity index is 1020. The number of rotatable bonds is 4. The Hall–Kier alpha value is -3.06. The number of ether oxygens (including phenoxy) is 1. The van der Waals surface area contributed by atoms with Crippen LogP contribution < -0.4 is 15.4 Å². The third-order valence-corrected chi connectivity index (χ3v) is 5.91. The molecule has 0 radical (unpaired) electrons. The van der Waals surface area contributed by atoms with E-state index >= 15 is 0 Å². The van der Waals surface area contributed by atoms with Crippen LogP contribution in [0.15, 0.2) is 42.5 Å². The molecule has 2 aliphatic heterocycles. The summed E-state index contributed by atoms with van der Waals surface area (Å²) in [4.78, 5) is 38.6. The van der Waals surface area contributed by atoms with Gasteiger partial charge in [-0.1, -0.05) is 29.8 Å². The molecule has 1 saturated heterocycles. The number of hydrogen-bond donors (Lipinski definition) is 2. The monoisotopic (exact) mass is 441 g/mol. The average Bonchev–Trinajstić information content (AvgIpc) is 2.75. The molecule has 2 aliphatic rings. The summed E-state index contributed by atoms with van der Waals surface area (Å²) in [5.41, 5.74) is 1.88. The summed E-state index contributed by atoms with van der Waals surface area (Å²) in [6.45, 7) is 2.82. The Balaban J connectivity index is 1.51. The lowest BCUT2D eigenvalue weighted by Gasteiger charge is -2.32. The second-order valence-corrected chi connectivity index (χ2v) is 8.27. The molecule has 2 aromatic carbocycles. The van der Waals surface area contributed by atoms with Crippen molar-refractivity contribution in [3.05, 3.63) is 58.6 Å². The van der Waals surface area contributed by atoms with Crippen molar-refractivity contribution >= 4 is 35.0 Å². The zero-order valence-corrected chi connectivity index (χ0v) is 17.9. The summed E-state index contributed by atoms with van der Waals surface area (Å²) in [5, 5.41) is 6.20. The lowest BCUT2D eigenvalue weighted by Crippen LogP contribution is -2.41. The van der Waals surface area contributed by atoms with E-state index < -0.39 is 6.04 Å². The Morgan fingerprint density at radius 2 is 1.90 bits per heavy atom. The number of carbonyl (C=O) groups is 3. The van der Waals surface area contributed by atoms with E-state index in [1.165, 1.54) is 0 Å². The quantitative estimate of drug-likeness (QED) is 0.759. The van der Waals surface area contributed by atoms with Crippen molar-refractivity contribution in [3.8, 4) is 5.75 Å². The summed E-state index contributed by atoms with van der Waals surface area (Å²) in [6, 6.07) is 11.9. The van der Waals surface area contributed by atoms with E-state index in [1.807, 2.05) is 24.3 Å². The highest BCUT2D eigenvalue weighted by atomic mass is 35.5. The van der Waals surface area contributed by atoms with Gasteiger partial charge in [-0.3, -0.25) is 14.4 Å². The highest BCUT2D eigenvalue weighted by Crippen LogP contribution is 2.32. The van der Waals surface area contributed by atoms with Crippen LogP contribution in [-0.2, 0) is 9.59 Å². The van der Waals surface area contributed by atoms with Gasteiger partial charge in [-0.25, -0.2) is 0 Å². The van der Waals surface area contributed by atoms with E-state index in [9.17, 15) is 14.4 Å². The molecule has 0 saturated carbocycles. The minimum Gasteiger partial charge on any atom is -0.489 e. The van der Waals surface area contributed by atoms with Crippen molar-refractivity contribution < 1.29 is 19.1 Å². The van der Waals surface area contributed by atoms with Crippen molar-refractivity contribution in [3.63, 3.8) is 0 Å². The van der Waals surface area contributed by atoms with Gasteiger partial charge in [0.25, 0.3) is 5.91 Å². The van der Waals surface area contributed by atoms with E-state index in [4.69, 9.17) is 16.3 Å². The third kappa shape index (κ3) is 4.82. The topological polar surface area (TPSA) is 87.7 Å². The standard InChI is InChI=1S/C23H24ClN3O4/c1-14(28)27-10-8-16(9-11-27)31-21-7-6-15(24)12-18(21)23(30)26-20-13-22(29)25-19-5-3-2-4-17(19)20/h2-7,12,16,20H,8-11,13H2,1H3,(H,25,29)(H,26,30). The molecule has 1 unspecified atom stereocenters. The lowest BCUT2D eigenvalue weighted by atomic mass is 9.97. The van der Waals surface area contributed by atoms with Crippen molar-refractivity contribution in [1.82, 2.24) is 10.2 Å². The van der Waals surface area contributed by atoms with E-state index in [0.717, 1.165) is 5.56 Å². The minimum atomic E-state index is -0.442. The SMILES string of the molecule is CC(=O)N1CCC(Oc2ccc(Cl)cc2C(=O)NC2CC(=O)Nc3ccccc32)CC1. The van der Waals surface area contributed by atoms with Crippen LogP contribution in [0.25, 0.3) is 0 Å². The second kappa shape index (κ2) is 8.98. The molecule has 8 heteroatoms. The van der Waals surface area contributed by atoms with E-state index in [1.54, 1.807) is 30.0 Å². The molecule has 0 spiro atoms. The number of nitrogens with zero attached hydrogens (tertiary/aromatic N) is 1. The molecular weight excluding hydrogens is 418 g/mol. The smallest absolute Gasteiger partial charge is 0.255 e. The Kier molecular flexibility index (Phi) is 6.13. The van der Waals surface area contributed by atoms with Crippen LogP contribution in [0, 0.1) is 0 Å². The maximum Gasteiger partial charge on any atom is 0.255 e. The molecule has 162 valence electrons. The van der Waals surface area contributed by atoms with Crippen molar-refractivity contribution in [2.75, 3.05) is 18.4 Å². The fourth-order valence-electron chi connectivity index (χ4n) is 4.03. The average molecular weight is 442 g/mol. The lowest BCUT2D eigenvalue weighted by molar-refractivity contribution is -0.130. The van der Waals surface area contributed by atoms with Crippen LogP contribution in [0.1, 0.15) is 48.1 Å². The molecule has 0 aliphatic carbocycles. The number of benzene rings is 2. The normalized spacial score (nSPS) is 18.7. The van der Waals surface area contributed by atoms with Crippen LogP contribution in [-0.4, -0.2) is 41.8 Å². The largest absolute Gasteiger partial charge is 0.489 e. The van der Waals surface area contributed by atoms with Crippen LogP contribution in [0.5, 0.6) is 5.75 Å². The number of nitrogens with one attached hydrogen (secondary N) is 2. The van der Waals surface area contributed by atoms with Crippen LogP contribution >= 0.6 is 11.6 Å². The molecule has 7 nitrogen and oxygen atoms in total. The summed E-state index contributed by atoms with van der Waals surface area (Å²) in [5.74, 6) is -0.00416. The summed E-state index contributed by atoms with van der Waals surface area (Å²) in [7, 11) is 0. The van der Waals surface area contributed by atoms with Gasteiger partial charge in [0, 0.05) is 43.6 Å². The number of hydrogen-bond acceptors (Lipinski definition) is 4. The number of carbonyl (C=O) groups excluding carboxylic acids is 3. The summed E-state index contributed by atoms with van der Waals surface area (Å²) in [6.07, 6.45) is 1.45. The minimum absolute atomic E-state index is 0.0572. The third-order valence-electron chi connectivity index (χ3n) is 5.67. The van der Waals surface area contributed by atoms with E-state index in [0.29, 0.717) is 48.0 Å². The van der Waals surface area contributed by atoms with Crippen molar-refractivity contribution in [2.45, 2.75) is 38.3 Å². The van der Waals surface area contributed by atoms with Gasteiger partial charge in [-0.15, -0.1) is 0 Å². The van der Waals surface area contributed by atoms with Crippen LogP contribution in [0.4, 0.5) is 5.69 Å². The van der Waals surface area contributed by atoms with Gasteiger partial charge in [0.2, 0.25) is 11.8 Å². The molecule has 1 fully saturated rings. The van der Waals surface area contributed by atoms with Gasteiger partial charge in [0.1, 0.15) is 11.9 Å². The second-order valence-electron chi connectivity index (χ2n) is 7.83.